The van der Waals surface area contributed by atoms with Crippen LogP contribution in [0.4, 0.5) is 0 Å². The number of aromatic nitrogens is 2. The smallest absolute Gasteiger partial charge is 0.261 e. The first kappa shape index (κ1) is 16.5. The second-order valence-electron chi connectivity index (χ2n) is 6.97. The van der Waals surface area contributed by atoms with Crippen LogP contribution in [-0.2, 0) is 19.5 Å². The Labute approximate surface area is 151 Å². The van der Waals surface area contributed by atoms with Crippen LogP contribution in [0.3, 0.4) is 0 Å². The average Bonchev–Trinajstić information content (AvgIpc) is 3.11. The van der Waals surface area contributed by atoms with Gasteiger partial charge in [0.05, 0.1) is 10.9 Å². The van der Waals surface area contributed by atoms with Crippen LogP contribution in [0, 0.1) is 6.92 Å². The van der Waals surface area contributed by atoms with Crippen molar-refractivity contribution < 1.29 is 4.79 Å². The summed E-state index contributed by atoms with van der Waals surface area (Å²) in [5, 5.41) is 0.577. The largest absolute Gasteiger partial charge is 0.337 e. The average molecular weight is 347 g/mol. The summed E-state index contributed by atoms with van der Waals surface area (Å²) in [4.78, 5) is 31.6. The van der Waals surface area contributed by atoms with Gasteiger partial charge >= 0.3 is 0 Å². The fraction of sp³-hybridized carbons (Fsp3) is 0.286. The highest BCUT2D eigenvalue weighted by Crippen LogP contribution is 2.17. The summed E-state index contributed by atoms with van der Waals surface area (Å²) in [5.74, 6) is 0.745. The predicted octanol–water partition coefficient (Wildman–Crippen LogP) is 2.92. The maximum absolute atomic E-state index is 12.8. The number of hydrogen-bond donors (Lipinski definition) is 0. The molecule has 0 bridgehead atoms. The van der Waals surface area contributed by atoms with Gasteiger partial charge in [-0.25, -0.2) is 4.98 Å². The summed E-state index contributed by atoms with van der Waals surface area (Å²) >= 11 is 0. The Kier molecular flexibility index (Phi) is 4.07. The summed E-state index contributed by atoms with van der Waals surface area (Å²) in [6.07, 6.45) is 1.76. The van der Waals surface area contributed by atoms with E-state index in [-0.39, 0.29) is 11.5 Å². The standard InChI is InChI=1S/C21H21N3O2/c1-14-5-7-15(8-6-14)13-23(2)20(25)16-9-10-17-18(12-16)22-19-4-3-11-24(19)21(17)26/h5-10,12H,3-4,11,13H2,1-2H3. The Morgan fingerprint density at radius 3 is 2.73 bits per heavy atom. The van der Waals surface area contributed by atoms with Crippen LogP contribution in [0.15, 0.2) is 47.3 Å². The van der Waals surface area contributed by atoms with E-state index in [1.807, 2.05) is 31.2 Å². The Morgan fingerprint density at radius 2 is 1.96 bits per heavy atom. The molecule has 132 valence electrons. The van der Waals surface area contributed by atoms with Crippen molar-refractivity contribution in [2.45, 2.75) is 32.9 Å². The van der Waals surface area contributed by atoms with Gasteiger partial charge in [0, 0.05) is 32.1 Å². The molecule has 0 radical (unpaired) electrons. The van der Waals surface area contributed by atoms with E-state index in [0.717, 1.165) is 30.8 Å². The van der Waals surface area contributed by atoms with Crippen molar-refractivity contribution in [3.8, 4) is 0 Å². The van der Waals surface area contributed by atoms with Gasteiger partial charge in [-0.2, -0.15) is 0 Å². The first-order valence-electron chi connectivity index (χ1n) is 8.87. The zero-order valence-corrected chi connectivity index (χ0v) is 15.0. The minimum atomic E-state index is -0.0742. The fourth-order valence-corrected chi connectivity index (χ4v) is 3.48. The first-order chi connectivity index (χ1) is 12.5. The van der Waals surface area contributed by atoms with E-state index in [0.29, 0.717) is 23.0 Å². The minimum absolute atomic E-state index is 0.00508. The lowest BCUT2D eigenvalue weighted by Crippen LogP contribution is -2.26. The van der Waals surface area contributed by atoms with Crippen molar-refractivity contribution in [3.63, 3.8) is 0 Å². The quantitative estimate of drug-likeness (QED) is 0.732. The highest BCUT2D eigenvalue weighted by molar-refractivity contribution is 5.97. The SMILES string of the molecule is Cc1ccc(CN(C)C(=O)c2ccc3c(=O)n4c(nc3c2)CCC4)cc1. The molecule has 2 aromatic carbocycles. The Morgan fingerprint density at radius 1 is 1.19 bits per heavy atom. The third-order valence-electron chi connectivity index (χ3n) is 4.95. The molecule has 4 rings (SSSR count). The van der Waals surface area contributed by atoms with E-state index in [1.165, 1.54) is 5.56 Å². The third kappa shape index (κ3) is 2.90. The summed E-state index contributed by atoms with van der Waals surface area (Å²) in [6.45, 7) is 3.31. The zero-order valence-electron chi connectivity index (χ0n) is 15.0. The predicted molar refractivity (Wildman–Crippen MR) is 101 cm³/mol. The summed E-state index contributed by atoms with van der Waals surface area (Å²) in [5.41, 5.74) is 3.44. The van der Waals surface area contributed by atoms with Gasteiger partial charge in [0.25, 0.3) is 11.5 Å². The molecule has 3 aromatic rings. The van der Waals surface area contributed by atoms with Crippen molar-refractivity contribution in [2.24, 2.45) is 0 Å². The second kappa shape index (κ2) is 6.41. The molecule has 0 aliphatic carbocycles. The van der Waals surface area contributed by atoms with Gasteiger partial charge in [-0.15, -0.1) is 0 Å². The van der Waals surface area contributed by atoms with Crippen molar-refractivity contribution >= 4 is 16.8 Å². The lowest BCUT2D eigenvalue weighted by molar-refractivity contribution is 0.0785. The summed E-state index contributed by atoms with van der Waals surface area (Å²) in [6, 6.07) is 13.3. The zero-order chi connectivity index (χ0) is 18.3. The Bertz CT molecular complexity index is 1050. The number of hydrogen-bond acceptors (Lipinski definition) is 3. The molecule has 1 aliphatic heterocycles. The molecule has 5 heteroatoms. The van der Waals surface area contributed by atoms with Crippen LogP contribution >= 0.6 is 0 Å². The Balaban J connectivity index is 1.63. The van der Waals surface area contributed by atoms with Crippen molar-refractivity contribution in [1.29, 1.82) is 0 Å². The van der Waals surface area contributed by atoms with Gasteiger partial charge in [-0.1, -0.05) is 29.8 Å². The number of carbonyl (C=O) groups is 1. The van der Waals surface area contributed by atoms with Crippen molar-refractivity contribution in [2.75, 3.05) is 7.05 Å². The summed E-state index contributed by atoms with van der Waals surface area (Å²) in [7, 11) is 1.79. The molecule has 26 heavy (non-hydrogen) atoms. The number of nitrogens with zero attached hydrogens (tertiary/aromatic N) is 3. The normalized spacial score (nSPS) is 13.0. The highest BCUT2D eigenvalue weighted by atomic mass is 16.2. The van der Waals surface area contributed by atoms with Crippen molar-refractivity contribution in [1.82, 2.24) is 14.5 Å². The molecular formula is C21H21N3O2. The van der Waals surface area contributed by atoms with Gasteiger partial charge in [0.15, 0.2) is 0 Å². The molecule has 1 aromatic heterocycles. The lowest BCUT2D eigenvalue weighted by atomic mass is 10.1. The fourth-order valence-electron chi connectivity index (χ4n) is 3.48. The maximum Gasteiger partial charge on any atom is 0.261 e. The minimum Gasteiger partial charge on any atom is -0.337 e. The topological polar surface area (TPSA) is 55.2 Å². The number of rotatable bonds is 3. The second-order valence-corrected chi connectivity index (χ2v) is 6.97. The molecule has 0 spiro atoms. The monoisotopic (exact) mass is 347 g/mol. The molecule has 0 saturated heterocycles. The van der Waals surface area contributed by atoms with Gasteiger partial charge in [0.2, 0.25) is 0 Å². The molecule has 1 amide bonds. The molecule has 0 atom stereocenters. The number of benzene rings is 2. The number of fused-ring (bicyclic) bond motifs is 2. The Hall–Kier alpha value is -2.95. The maximum atomic E-state index is 12.8. The molecule has 1 aliphatic rings. The number of carbonyl (C=O) groups excluding carboxylic acids is 1. The number of amides is 1. The molecular weight excluding hydrogens is 326 g/mol. The van der Waals surface area contributed by atoms with Gasteiger partial charge in [-0.3, -0.25) is 14.2 Å². The van der Waals surface area contributed by atoms with Crippen LogP contribution in [0.1, 0.15) is 33.7 Å². The molecule has 0 fully saturated rings. The van der Waals surface area contributed by atoms with E-state index in [1.54, 1.807) is 34.7 Å². The van der Waals surface area contributed by atoms with Gasteiger partial charge in [-0.05, 0) is 37.1 Å². The molecule has 0 N–H and O–H groups in total. The molecule has 0 unspecified atom stereocenters. The first-order valence-corrected chi connectivity index (χ1v) is 8.87. The third-order valence-corrected chi connectivity index (χ3v) is 4.95. The van der Waals surface area contributed by atoms with E-state index in [2.05, 4.69) is 4.98 Å². The van der Waals surface area contributed by atoms with E-state index < -0.39 is 0 Å². The van der Waals surface area contributed by atoms with Gasteiger partial charge in [0.1, 0.15) is 5.82 Å². The highest BCUT2D eigenvalue weighted by Gasteiger charge is 2.18. The van der Waals surface area contributed by atoms with Crippen LogP contribution in [-0.4, -0.2) is 27.4 Å². The molecule has 2 heterocycles. The van der Waals surface area contributed by atoms with Crippen LogP contribution in [0.5, 0.6) is 0 Å². The molecule has 5 nitrogen and oxygen atoms in total. The van der Waals surface area contributed by atoms with Crippen molar-refractivity contribution in [3.05, 3.63) is 75.3 Å². The molecule has 0 saturated carbocycles. The van der Waals surface area contributed by atoms with E-state index in [9.17, 15) is 9.59 Å². The van der Waals surface area contributed by atoms with E-state index in [4.69, 9.17) is 0 Å². The lowest BCUT2D eigenvalue weighted by Gasteiger charge is -2.18. The van der Waals surface area contributed by atoms with Crippen LogP contribution < -0.4 is 5.56 Å². The van der Waals surface area contributed by atoms with Crippen LogP contribution in [0.25, 0.3) is 10.9 Å². The van der Waals surface area contributed by atoms with Gasteiger partial charge < -0.3 is 4.90 Å². The van der Waals surface area contributed by atoms with E-state index >= 15 is 0 Å². The summed E-state index contributed by atoms with van der Waals surface area (Å²) < 4.78 is 1.74. The van der Waals surface area contributed by atoms with Crippen LogP contribution in [0.2, 0.25) is 0 Å². The number of aryl methyl sites for hydroxylation is 2.